The van der Waals surface area contributed by atoms with Gasteiger partial charge >= 0.3 is 13.8 Å². The largest absolute Gasteiger partial charge is 0.478 e. The first kappa shape index (κ1) is 22.6. The van der Waals surface area contributed by atoms with Crippen molar-refractivity contribution in [2.45, 2.75) is 64.4 Å². The van der Waals surface area contributed by atoms with Gasteiger partial charge in [0.2, 0.25) is 0 Å². The average Bonchev–Trinajstić information content (AvgIpc) is 2.58. The van der Waals surface area contributed by atoms with E-state index in [2.05, 4.69) is 6.92 Å². The molecule has 1 unspecified atom stereocenters. The molecule has 6 nitrogen and oxygen atoms in total. The summed E-state index contributed by atoms with van der Waals surface area (Å²) in [5.41, 5.74) is 0.245. The average molecular weight is 384 g/mol. The van der Waals surface area contributed by atoms with Crippen molar-refractivity contribution in [1.29, 1.82) is 0 Å². The van der Waals surface area contributed by atoms with Crippen molar-refractivity contribution in [3.8, 4) is 0 Å². The van der Waals surface area contributed by atoms with Crippen molar-refractivity contribution >= 4 is 13.8 Å². The zero-order valence-corrected chi connectivity index (χ0v) is 16.1. The van der Waals surface area contributed by atoms with Crippen molar-refractivity contribution in [3.05, 3.63) is 47.5 Å². The number of phosphoric acid groups is 1. The Balaban J connectivity index is 2.75. The van der Waals surface area contributed by atoms with Gasteiger partial charge in [0.1, 0.15) is 6.10 Å². The van der Waals surface area contributed by atoms with Gasteiger partial charge in [-0.05, 0) is 18.4 Å². The Hall–Kier alpha value is -1.46. The topological polar surface area (TPSA) is 104 Å². The Kier molecular flexibility index (Phi) is 10.4. The van der Waals surface area contributed by atoms with Gasteiger partial charge in [-0.15, -0.1) is 0 Å². The Labute approximate surface area is 155 Å². The van der Waals surface area contributed by atoms with Crippen LogP contribution < -0.4 is 0 Å². The van der Waals surface area contributed by atoms with E-state index in [-0.39, 0.29) is 5.57 Å². The second-order valence-corrected chi connectivity index (χ2v) is 7.45. The van der Waals surface area contributed by atoms with Gasteiger partial charge in [0, 0.05) is 0 Å². The fourth-order valence-electron chi connectivity index (χ4n) is 2.73. The maximum atomic E-state index is 11.6. The smallest absolute Gasteiger partial charge is 0.470 e. The van der Waals surface area contributed by atoms with Crippen LogP contribution in [-0.4, -0.2) is 20.9 Å². The summed E-state index contributed by atoms with van der Waals surface area (Å²) in [6.07, 6.45) is 8.52. The van der Waals surface area contributed by atoms with E-state index in [0.29, 0.717) is 12.0 Å². The summed E-state index contributed by atoms with van der Waals surface area (Å²) in [5, 5.41) is 9.50. The highest BCUT2D eigenvalue weighted by Gasteiger charge is 2.30. The number of unbranched alkanes of at least 4 members (excludes halogenated alkanes) is 7. The zero-order chi connectivity index (χ0) is 19.4. The molecule has 0 aliphatic rings. The number of carbonyl (C=O) groups is 1. The van der Waals surface area contributed by atoms with Crippen LogP contribution in [0, 0.1) is 0 Å². The number of phosphoric ester groups is 1. The van der Waals surface area contributed by atoms with Crippen LogP contribution in [0.25, 0.3) is 0 Å². The molecule has 1 atom stereocenters. The third-order valence-electron chi connectivity index (χ3n) is 4.05. The molecule has 0 amide bonds. The number of carboxylic acid groups (broad SMARTS) is 1. The van der Waals surface area contributed by atoms with E-state index in [1.165, 1.54) is 31.8 Å². The van der Waals surface area contributed by atoms with Gasteiger partial charge in [-0.2, -0.15) is 0 Å². The lowest BCUT2D eigenvalue weighted by atomic mass is 9.99. The lowest BCUT2D eigenvalue weighted by Crippen LogP contribution is -2.14. The number of hydrogen-bond donors (Lipinski definition) is 3. The zero-order valence-electron chi connectivity index (χ0n) is 15.2. The fraction of sp³-hybridized carbons (Fsp3) is 0.526. The molecule has 0 saturated heterocycles. The van der Waals surface area contributed by atoms with Crippen LogP contribution in [0.5, 0.6) is 0 Å². The van der Waals surface area contributed by atoms with Crippen LogP contribution in [0.3, 0.4) is 0 Å². The molecule has 0 saturated carbocycles. The second-order valence-electron chi connectivity index (χ2n) is 6.26. The van der Waals surface area contributed by atoms with Crippen molar-refractivity contribution < 1.29 is 28.8 Å². The molecule has 0 bridgehead atoms. The lowest BCUT2D eigenvalue weighted by molar-refractivity contribution is -0.133. The summed E-state index contributed by atoms with van der Waals surface area (Å²) in [6.45, 7) is 2.17. The van der Waals surface area contributed by atoms with Crippen molar-refractivity contribution in [2.24, 2.45) is 0 Å². The van der Waals surface area contributed by atoms with Crippen LogP contribution >= 0.6 is 7.82 Å². The summed E-state index contributed by atoms with van der Waals surface area (Å²) in [6, 6.07) is 8.25. The van der Waals surface area contributed by atoms with Gasteiger partial charge in [-0.1, -0.05) is 81.9 Å². The third-order valence-corrected chi connectivity index (χ3v) is 4.53. The highest BCUT2D eigenvalue weighted by Crippen LogP contribution is 2.45. The standard InChI is InChI=1S/C19H29O6P/c1-2-3-4-5-6-7-8-12-15-17(19(20)21)18(25-26(22,23)24)16-13-10-9-11-14-16/h9-11,13-15,18H,2-8,12H2,1H3,(H,20,21)(H2,22,23,24). The summed E-state index contributed by atoms with van der Waals surface area (Å²) in [5.74, 6) is -1.24. The summed E-state index contributed by atoms with van der Waals surface area (Å²) in [4.78, 5) is 30.0. The van der Waals surface area contributed by atoms with Crippen LogP contribution in [-0.2, 0) is 13.9 Å². The van der Waals surface area contributed by atoms with Crippen LogP contribution in [0.4, 0.5) is 0 Å². The van der Waals surface area contributed by atoms with Crippen molar-refractivity contribution in [3.63, 3.8) is 0 Å². The van der Waals surface area contributed by atoms with Gasteiger partial charge < -0.3 is 14.9 Å². The minimum absolute atomic E-state index is 0.148. The van der Waals surface area contributed by atoms with E-state index in [1.807, 2.05) is 0 Å². The molecule has 1 aromatic carbocycles. The van der Waals surface area contributed by atoms with Gasteiger partial charge in [-0.25, -0.2) is 9.36 Å². The minimum atomic E-state index is -4.85. The molecule has 0 spiro atoms. The number of hydrogen-bond acceptors (Lipinski definition) is 3. The van der Waals surface area contributed by atoms with E-state index in [9.17, 15) is 14.5 Å². The highest BCUT2D eigenvalue weighted by atomic mass is 31.2. The predicted octanol–water partition coefficient (Wildman–Crippen LogP) is 4.99. The van der Waals surface area contributed by atoms with Gasteiger partial charge in [-0.3, -0.25) is 4.52 Å². The van der Waals surface area contributed by atoms with Crippen molar-refractivity contribution in [1.82, 2.24) is 0 Å². The molecular formula is C19H29O6P. The molecule has 0 aliphatic heterocycles. The molecule has 26 heavy (non-hydrogen) atoms. The van der Waals surface area contributed by atoms with Crippen LogP contribution in [0.2, 0.25) is 0 Å². The molecule has 7 heteroatoms. The first-order chi connectivity index (χ1) is 12.3. The SMILES string of the molecule is CCCCCCCCCC=C(C(=O)O)C(OP(=O)(O)O)c1ccccc1. The normalized spacial score (nSPS) is 13.6. The molecule has 146 valence electrons. The highest BCUT2D eigenvalue weighted by molar-refractivity contribution is 7.46. The first-order valence-electron chi connectivity index (χ1n) is 9.07. The Morgan fingerprint density at radius 3 is 2.19 bits per heavy atom. The Bertz CT molecular complexity index is 608. The first-order valence-corrected chi connectivity index (χ1v) is 10.6. The van der Waals surface area contributed by atoms with E-state index < -0.39 is 19.9 Å². The molecule has 0 radical (unpaired) electrons. The Morgan fingerprint density at radius 2 is 1.65 bits per heavy atom. The monoisotopic (exact) mass is 384 g/mol. The van der Waals surface area contributed by atoms with E-state index in [0.717, 1.165) is 19.3 Å². The van der Waals surface area contributed by atoms with Crippen LogP contribution in [0.1, 0.15) is 70.0 Å². The number of allylic oxidation sites excluding steroid dienone is 1. The summed E-state index contributed by atoms with van der Waals surface area (Å²) >= 11 is 0. The third kappa shape index (κ3) is 9.30. The Morgan fingerprint density at radius 1 is 1.08 bits per heavy atom. The van der Waals surface area contributed by atoms with E-state index >= 15 is 0 Å². The summed E-state index contributed by atoms with van der Waals surface area (Å²) in [7, 11) is -4.85. The predicted molar refractivity (Wildman–Crippen MR) is 101 cm³/mol. The molecular weight excluding hydrogens is 355 g/mol. The molecule has 0 aliphatic carbocycles. The number of aliphatic carboxylic acids is 1. The fourth-order valence-corrected chi connectivity index (χ4v) is 3.24. The second kappa shape index (κ2) is 12.0. The van der Waals surface area contributed by atoms with E-state index in [1.54, 1.807) is 30.3 Å². The molecule has 1 aromatic rings. The molecule has 0 aromatic heterocycles. The van der Waals surface area contributed by atoms with Gasteiger partial charge in [0.25, 0.3) is 0 Å². The van der Waals surface area contributed by atoms with Crippen LogP contribution in [0.15, 0.2) is 42.0 Å². The number of benzene rings is 1. The molecule has 0 heterocycles. The summed E-state index contributed by atoms with van der Waals surface area (Å²) < 4.78 is 16.1. The minimum Gasteiger partial charge on any atom is -0.478 e. The van der Waals surface area contributed by atoms with Gasteiger partial charge in [0.05, 0.1) is 5.57 Å². The van der Waals surface area contributed by atoms with E-state index in [4.69, 9.17) is 14.3 Å². The quantitative estimate of drug-likeness (QED) is 0.251. The molecule has 3 N–H and O–H groups in total. The molecule has 0 fully saturated rings. The molecule has 1 rings (SSSR count). The number of carboxylic acids is 1. The lowest BCUT2D eigenvalue weighted by Gasteiger charge is -2.19. The van der Waals surface area contributed by atoms with Crippen molar-refractivity contribution in [2.75, 3.05) is 0 Å². The maximum absolute atomic E-state index is 11.6. The number of rotatable bonds is 13. The van der Waals surface area contributed by atoms with Gasteiger partial charge in [0.15, 0.2) is 0 Å². The maximum Gasteiger partial charge on any atom is 0.470 e.